The molecule has 5 heterocycles. The monoisotopic (exact) mass is 765 g/mol. The Bertz CT molecular complexity index is 2470. The first-order valence-electron chi connectivity index (χ1n) is 18.5. The van der Waals surface area contributed by atoms with Crippen LogP contribution in [0.1, 0.15) is 45.6 Å². The molecule has 0 radical (unpaired) electrons. The fourth-order valence-electron chi connectivity index (χ4n) is 7.43. The summed E-state index contributed by atoms with van der Waals surface area (Å²) in [6.07, 6.45) is -2.46. The molecule has 1 amide bonds. The van der Waals surface area contributed by atoms with E-state index in [9.17, 15) is 29.0 Å². The number of anilines is 2. The number of nitrogens with zero attached hydrogens (tertiary/aromatic N) is 9. The van der Waals surface area contributed by atoms with E-state index in [1.165, 1.54) is 17.9 Å². The summed E-state index contributed by atoms with van der Waals surface area (Å²) in [5.74, 6) is -2.68. The van der Waals surface area contributed by atoms with Crippen molar-refractivity contribution in [3.63, 3.8) is 0 Å². The third-order valence-corrected chi connectivity index (χ3v) is 11.1. The molecule has 0 bridgehead atoms. The first kappa shape index (κ1) is 33.1. The lowest BCUT2D eigenvalue weighted by atomic mass is 9.73. The van der Waals surface area contributed by atoms with Crippen molar-refractivity contribution in [2.75, 3.05) is 57.9 Å². The minimum absolute atomic E-state index is 0.0257. The number of hydrogen-bond donors (Lipinski definition) is 1. The molecule has 2 atom stereocenters. The van der Waals surface area contributed by atoms with E-state index in [-0.39, 0.29) is 75.9 Å². The molecule has 0 unspecified atom stereocenters. The number of hydrogen-bond acceptors (Lipinski definition) is 12. The van der Waals surface area contributed by atoms with Gasteiger partial charge < -0.3 is 25.2 Å². The smallest absolute Gasteiger partial charge is 0.319 e. The number of nitro groups is 1. The summed E-state index contributed by atoms with van der Waals surface area (Å²) < 4.78 is 78.3. The van der Waals surface area contributed by atoms with Crippen LogP contribution in [0.25, 0.3) is 32.1 Å². The molecule has 0 saturated carbocycles. The number of nitro benzene ring substituents is 1. The molecule has 18 heteroatoms. The Hall–Kier alpha value is -5.54. The molecular weight excluding hydrogens is 726 g/mol. The third-order valence-electron chi connectivity index (χ3n) is 10.1. The van der Waals surface area contributed by atoms with Crippen LogP contribution < -0.4 is 15.4 Å². The van der Waals surface area contributed by atoms with E-state index in [0.717, 1.165) is 22.3 Å². The Morgan fingerprint density at radius 1 is 1.30 bits per heavy atom. The van der Waals surface area contributed by atoms with E-state index in [4.69, 9.17) is 14.6 Å². The molecule has 1 fully saturated rings. The van der Waals surface area contributed by atoms with Crippen LogP contribution >= 0.6 is 11.3 Å². The van der Waals surface area contributed by atoms with E-state index in [1.807, 2.05) is 6.07 Å². The molecule has 3 aromatic heterocycles. The van der Waals surface area contributed by atoms with Gasteiger partial charge in [0.15, 0.2) is 11.5 Å². The van der Waals surface area contributed by atoms with Crippen molar-refractivity contribution in [2.45, 2.75) is 39.3 Å². The lowest BCUT2D eigenvalue weighted by molar-refractivity contribution is -0.384. The summed E-state index contributed by atoms with van der Waals surface area (Å²) in [5.41, 5.74) is 4.07. The van der Waals surface area contributed by atoms with E-state index >= 15 is 4.39 Å². The number of piperidine rings is 1. The molecule has 2 aliphatic rings. The molecule has 7 rings (SSSR count). The largest absolute Gasteiger partial charge is 0.463 e. The van der Waals surface area contributed by atoms with Crippen molar-refractivity contribution in [3.8, 4) is 23.2 Å². The minimum atomic E-state index is -2.80. The summed E-state index contributed by atoms with van der Waals surface area (Å²) in [7, 11) is 3.19. The fourth-order valence-corrected chi connectivity index (χ4v) is 8.38. The van der Waals surface area contributed by atoms with Crippen molar-refractivity contribution in [1.29, 1.82) is 5.26 Å². The van der Waals surface area contributed by atoms with Gasteiger partial charge in [-0.1, -0.05) is 19.1 Å². The number of amides is 1. The summed E-state index contributed by atoms with van der Waals surface area (Å²) in [6, 6.07) is 9.01. The zero-order chi connectivity index (χ0) is 41.1. The van der Waals surface area contributed by atoms with E-state index in [1.54, 1.807) is 41.9 Å². The highest BCUT2D eigenvalue weighted by Crippen LogP contribution is 2.46. The lowest BCUT2D eigenvalue weighted by Gasteiger charge is -2.44. The molecule has 5 aromatic rings. The number of benzene rings is 2. The summed E-state index contributed by atoms with van der Waals surface area (Å²) in [5, 5.41) is 27.5. The van der Waals surface area contributed by atoms with Crippen molar-refractivity contribution < 1.29 is 31.7 Å². The highest BCUT2D eigenvalue weighted by Gasteiger charge is 2.44. The normalized spacial score (nSPS) is 20.2. The number of aromatic nitrogens is 4. The van der Waals surface area contributed by atoms with Crippen molar-refractivity contribution in [2.24, 2.45) is 11.3 Å². The second kappa shape index (κ2) is 14.0. The standard InChI is InChI=1S/C36H37F3N10O4S/c1-36(17-46(4)12-9-23(36)31(38)39)18-53-35-42-30-21(33(43-35)47-10-6-11-48-19(16-47)13-24(44-48)34(50)45(2)3)14-25(49(51)52)28(29(30)37)20-7-5-8-26-27(20)22(15-40)32(41)54-26/h5,7-8,13-14,23,31H,6,9-12,16-18,41H2,1-4H3/t23-,36+/m1/s1/i4D3. The minimum Gasteiger partial charge on any atom is -0.463 e. The molecule has 14 nitrogen and oxygen atoms in total. The maximum absolute atomic E-state index is 17.4. The van der Waals surface area contributed by atoms with E-state index < -0.39 is 59.3 Å². The van der Waals surface area contributed by atoms with Gasteiger partial charge in [-0.2, -0.15) is 20.3 Å². The van der Waals surface area contributed by atoms with Crippen molar-refractivity contribution in [1.82, 2.24) is 29.5 Å². The highest BCUT2D eigenvalue weighted by atomic mass is 32.1. The lowest BCUT2D eigenvalue weighted by Crippen LogP contribution is -2.51. The van der Waals surface area contributed by atoms with Gasteiger partial charge in [-0.05, 0) is 38.5 Å². The Balaban J connectivity index is 1.41. The number of carbonyl (C=O) groups excluding carboxylic acids is 1. The third kappa shape index (κ3) is 6.40. The fraction of sp³-hybridized carbons (Fsp3) is 0.417. The number of nitrogen functional groups attached to an aromatic ring is 1. The zero-order valence-electron chi connectivity index (χ0n) is 32.5. The van der Waals surface area contributed by atoms with Crippen LogP contribution in [0.5, 0.6) is 6.01 Å². The van der Waals surface area contributed by atoms with Gasteiger partial charge in [-0.3, -0.25) is 19.6 Å². The summed E-state index contributed by atoms with van der Waals surface area (Å²) in [6.45, 7) is -1.09. The molecule has 1 saturated heterocycles. The number of nitrogens with two attached hydrogens (primary N) is 1. The van der Waals surface area contributed by atoms with Gasteiger partial charge >= 0.3 is 6.01 Å². The average Bonchev–Trinajstić information content (AvgIpc) is 3.64. The maximum atomic E-state index is 17.4. The van der Waals surface area contributed by atoms with Crippen LogP contribution in [-0.4, -0.2) is 94.1 Å². The topological polar surface area (TPSA) is 173 Å². The highest BCUT2D eigenvalue weighted by molar-refractivity contribution is 7.23. The first-order valence-corrected chi connectivity index (χ1v) is 17.8. The number of nitriles is 1. The van der Waals surface area contributed by atoms with E-state index in [2.05, 4.69) is 15.1 Å². The van der Waals surface area contributed by atoms with Gasteiger partial charge in [-0.25, -0.2) is 13.2 Å². The number of alkyl halides is 2. The van der Waals surface area contributed by atoms with Gasteiger partial charge in [0, 0.05) is 70.9 Å². The molecule has 282 valence electrons. The maximum Gasteiger partial charge on any atom is 0.319 e. The van der Waals surface area contributed by atoms with Crippen LogP contribution in [0.2, 0.25) is 0 Å². The van der Waals surface area contributed by atoms with Crippen LogP contribution in [0.4, 0.5) is 29.7 Å². The number of halogens is 3. The average molecular weight is 766 g/mol. The number of aryl methyl sites for hydroxylation is 1. The molecule has 0 aliphatic carbocycles. The first-order chi connectivity index (χ1) is 26.9. The van der Waals surface area contributed by atoms with Gasteiger partial charge in [0.25, 0.3) is 11.6 Å². The van der Waals surface area contributed by atoms with Crippen molar-refractivity contribution >= 4 is 54.7 Å². The number of carbonyl (C=O) groups is 1. The second-order valence-electron chi connectivity index (χ2n) is 14.0. The van der Waals surface area contributed by atoms with Crippen LogP contribution in [0, 0.1) is 38.6 Å². The number of ether oxygens (including phenoxy) is 1. The number of thiophene rings is 1. The van der Waals surface area contributed by atoms with E-state index in [0.29, 0.717) is 29.9 Å². The molecule has 0 spiro atoms. The van der Waals surface area contributed by atoms with Crippen LogP contribution in [0.15, 0.2) is 30.3 Å². The molecule has 2 N–H and O–H groups in total. The second-order valence-corrected chi connectivity index (χ2v) is 15.1. The molecule has 54 heavy (non-hydrogen) atoms. The van der Waals surface area contributed by atoms with Crippen LogP contribution in [-0.2, 0) is 13.1 Å². The zero-order valence-corrected chi connectivity index (χ0v) is 30.3. The molecular formula is C36H37F3N10O4S. The SMILES string of the molecule is [2H]C([2H])([2H])N1CC[C@H](C(F)F)[C@](C)(COc2nc(N3CCCn4nc(C(=O)N(C)C)cc4C3)c3cc([N+](=O)[O-])c(-c4cccc5sc(N)c(C#N)c45)c(F)c3n2)C1. The number of rotatable bonds is 8. The predicted octanol–water partition coefficient (Wildman–Crippen LogP) is 5.92. The van der Waals surface area contributed by atoms with Gasteiger partial charge in [0.2, 0.25) is 6.43 Å². The van der Waals surface area contributed by atoms with Gasteiger partial charge in [0.05, 0.1) is 40.3 Å². The van der Waals surface area contributed by atoms with Gasteiger partial charge in [0.1, 0.15) is 22.4 Å². The molecule has 2 aliphatic heterocycles. The van der Waals surface area contributed by atoms with Crippen molar-refractivity contribution in [3.05, 3.63) is 63.2 Å². The number of fused-ring (bicyclic) bond motifs is 3. The Labute approximate surface area is 315 Å². The Kier molecular flexibility index (Phi) is 8.59. The predicted molar refractivity (Wildman–Crippen MR) is 197 cm³/mol. The number of likely N-dealkylation sites (tertiary alicyclic amines) is 1. The Morgan fingerprint density at radius 2 is 2.09 bits per heavy atom. The van der Waals surface area contributed by atoms with Crippen LogP contribution in [0.3, 0.4) is 0 Å². The van der Waals surface area contributed by atoms with Gasteiger partial charge in [-0.15, -0.1) is 11.3 Å². The summed E-state index contributed by atoms with van der Waals surface area (Å²) >= 11 is 1.07. The summed E-state index contributed by atoms with van der Waals surface area (Å²) in [4.78, 5) is 38.1. The quantitative estimate of drug-likeness (QED) is 0.147. The molecule has 2 aromatic carbocycles. The Morgan fingerprint density at radius 3 is 2.80 bits per heavy atom.